The van der Waals surface area contributed by atoms with Gasteiger partial charge in [-0.05, 0) is 36.6 Å². The highest BCUT2D eigenvalue weighted by Crippen LogP contribution is 2.38. The first-order valence-electron chi connectivity index (χ1n) is 6.86. The van der Waals surface area contributed by atoms with Crippen LogP contribution < -0.4 is 5.56 Å². The summed E-state index contributed by atoms with van der Waals surface area (Å²) in [5.74, 6) is -0.430. The quantitative estimate of drug-likeness (QED) is 0.632. The van der Waals surface area contributed by atoms with Crippen molar-refractivity contribution in [1.29, 1.82) is 0 Å². The predicted octanol–water partition coefficient (Wildman–Crippen LogP) is 2.49. The van der Waals surface area contributed by atoms with Crippen LogP contribution in [0.1, 0.15) is 25.7 Å². The monoisotopic (exact) mass is 306 g/mol. The fraction of sp³-hybridized carbons (Fsp3) is 0.400. The molecule has 1 saturated carbocycles. The number of aromatic nitrogens is 2. The number of carbonyl (C=O) groups excluding carboxylic acids is 1. The van der Waals surface area contributed by atoms with Gasteiger partial charge in [0.2, 0.25) is 5.28 Å². The van der Waals surface area contributed by atoms with Gasteiger partial charge in [-0.3, -0.25) is 9.36 Å². The van der Waals surface area contributed by atoms with E-state index in [1.54, 1.807) is 24.3 Å². The van der Waals surface area contributed by atoms with E-state index in [0.717, 1.165) is 12.8 Å². The van der Waals surface area contributed by atoms with Gasteiger partial charge in [-0.2, -0.15) is 0 Å². The van der Waals surface area contributed by atoms with Gasteiger partial charge in [-0.1, -0.05) is 25.0 Å². The van der Waals surface area contributed by atoms with E-state index in [0.29, 0.717) is 23.7 Å². The number of fused-ring (bicyclic) bond motifs is 1. The molecule has 1 aromatic heterocycles. The number of carbonyl (C=O) groups is 1. The highest BCUT2D eigenvalue weighted by atomic mass is 35.5. The number of esters is 1. The molecule has 0 unspecified atom stereocenters. The summed E-state index contributed by atoms with van der Waals surface area (Å²) in [5.41, 5.74) is -0.792. The summed E-state index contributed by atoms with van der Waals surface area (Å²) in [7, 11) is 1.33. The van der Waals surface area contributed by atoms with Crippen molar-refractivity contribution in [2.45, 2.75) is 31.2 Å². The number of nitrogens with zero attached hydrogens (tertiary/aromatic N) is 2. The summed E-state index contributed by atoms with van der Waals surface area (Å²) < 4.78 is 6.24. The van der Waals surface area contributed by atoms with Crippen molar-refractivity contribution >= 4 is 28.5 Å². The van der Waals surface area contributed by atoms with Crippen molar-refractivity contribution in [1.82, 2.24) is 9.55 Å². The number of hydrogen-bond donors (Lipinski definition) is 0. The van der Waals surface area contributed by atoms with Crippen LogP contribution in [0.3, 0.4) is 0 Å². The van der Waals surface area contributed by atoms with Crippen molar-refractivity contribution in [2.24, 2.45) is 0 Å². The van der Waals surface area contributed by atoms with Crippen molar-refractivity contribution < 1.29 is 9.53 Å². The fourth-order valence-electron chi connectivity index (χ4n) is 3.15. The van der Waals surface area contributed by atoms with Crippen molar-refractivity contribution in [2.75, 3.05) is 7.11 Å². The molecule has 1 aliphatic carbocycles. The molecule has 0 spiro atoms. The molecular weight excluding hydrogens is 292 g/mol. The normalized spacial score (nSPS) is 17.0. The molecule has 0 bridgehead atoms. The van der Waals surface area contributed by atoms with Gasteiger partial charge in [-0.15, -0.1) is 0 Å². The highest BCUT2D eigenvalue weighted by Gasteiger charge is 2.46. The van der Waals surface area contributed by atoms with Gasteiger partial charge in [0, 0.05) is 0 Å². The lowest BCUT2D eigenvalue weighted by Gasteiger charge is -2.29. The van der Waals surface area contributed by atoms with Gasteiger partial charge < -0.3 is 4.74 Å². The van der Waals surface area contributed by atoms with Gasteiger partial charge in [-0.25, -0.2) is 9.78 Å². The summed E-state index contributed by atoms with van der Waals surface area (Å²) >= 11 is 6.22. The van der Waals surface area contributed by atoms with E-state index in [4.69, 9.17) is 16.3 Å². The number of benzene rings is 1. The minimum Gasteiger partial charge on any atom is -0.467 e. The summed E-state index contributed by atoms with van der Waals surface area (Å²) in [6, 6.07) is 6.98. The van der Waals surface area contributed by atoms with Crippen LogP contribution in [0, 0.1) is 0 Å². The Bertz CT molecular complexity index is 763. The molecule has 5 nitrogen and oxygen atoms in total. The molecule has 0 N–H and O–H groups in total. The lowest BCUT2D eigenvalue weighted by molar-refractivity contribution is -0.151. The molecule has 0 aliphatic heterocycles. The molecule has 6 heteroatoms. The second-order valence-corrected chi connectivity index (χ2v) is 5.61. The van der Waals surface area contributed by atoms with Crippen LogP contribution in [0.4, 0.5) is 0 Å². The minimum absolute atomic E-state index is 0.0333. The molecule has 0 atom stereocenters. The first-order chi connectivity index (χ1) is 10.1. The van der Waals surface area contributed by atoms with Crippen LogP contribution in [-0.2, 0) is 15.1 Å². The van der Waals surface area contributed by atoms with Crippen LogP contribution in [-0.4, -0.2) is 22.6 Å². The molecule has 3 rings (SSSR count). The van der Waals surface area contributed by atoms with Crippen LogP contribution in [0.25, 0.3) is 10.9 Å². The lowest BCUT2D eigenvalue weighted by Crippen LogP contribution is -2.46. The van der Waals surface area contributed by atoms with E-state index in [2.05, 4.69) is 4.98 Å². The largest absolute Gasteiger partial charge is 0.467 e. The minimum atomic E-state index is -1.03. The third-order valence-electron chi connectivity index (χ3n) is 4.16. The second-order valence-electron chi connectivity index (χ2n) is 5.27. The molecule has 110 valence electrons. The van der Waals surface area contributed by atoms with E-state index in [1.165, 1.54) is 11.7 Å². The zero-order valence-corrected chi connectivity index (χ0v) is 12.4. The maximum absolute atomic E-state index is 12.8. The zero-order chi connectivity index (χ0) is 15.0. The van der Waals surface area contributed by atoms with Gasteiger partial charge in [0.25, 0.3) is 5.56 Å². The third-order valence-corrected chi connectivity index (χ3v) is 4.41. The fourth-order valence-corrected chi connectivity index (χ4v) is 3.48. The van der Waals surface area contributed by atoms with Crippen molar-refractivity contribution in [3.63, 3.8) is 0 Å². The molecule has 21 heavy (non-hydrogen) atoms. The van der Waals surface area contributed by atoms with Crippen molar-refractivity contribution in [3.8, 4) is 0 Å². The molecule has 1 aromatic carbocycles. The van der Waals surface area contributed by atoms with E-state index in [9.17, 15) is 9.59 Å². The standard InChI is InChI=1S/C15H15ClN2O3/c1-21-13(20)15(8-4-5-9-15)18-12(19)10-6-2-3-7-11(10)17-14(18)16/h2-3,6-7H,4-5,8-9H2,1H3. The Labute approximate surface area is 126 Å². The average Bonchev–Trinajstić information content (AvgIpc) is 2.97. The average molecular weight is 307 g/mol. The van der Waals surface area contributed by atoms with E-state index in [1.807, 2.05) is 0 Å². The number of halogens is 1. The third kappa shape index (κ3) is 2.03. The maximum Gasteiger partial charge on any atom is 0.332 e. The Hall–Kier alpha value is -1.88. The van der Waals surface area contributed by atoms with Gasteiger partial charge in [0.05, 0.1) is 18.0 Å². The first-order valence-corrected chi connectivity index (χ1v) is 7.24. The lowest BCUT2D eigenvalue weighted by atomic mass is 9.97. The summed E-state index contributed by atoms with van der Waals surface area (Å²) in [4.78, 5) is 29.4. The van der Waals surface area contributed by atoms with Crippen LogP contribution in [0.2, 0.25) is 5.28 Å². The Kier molecular flexibility index (Phi) is 3.45. The smallest absolute Gasteiger partial charge is 0.332 e. The van der Waals surface area contributed by atoms with E-state index >= 15 is 0 Å². The van der Waals surface area contributed by atoms with Crippen LogP contribution >= 0.6 is 11.6 Å². The molecule has 0 saturated heterocycles. The Morgan fingerprint density at radius 1 is 1.33 bits per heavy atom. The predicted molar refractivity (Wildman–Crippen MR) is 79.5 cm³/mol. The number of para-hydroxylation sites is 1. The SMILES string of the molecule is COC(=O)C1(n2c(Cl)nc3ccccc3c2=O)CCCC1. The molecule has 1 fully saturated rings. The van der Waals surface area contributed by atoms with Gasteiger partial charge in [0.15, 0.2) is 0 Å². The summed E-state index contributed by atoms with van der Waals surface area (Å²) in [5, 5.41) is 0.489. The summed E-state index contributed by atoms with van der Waals surface area (Å²) in [6.45, 7) is 0. The molecule has 1 aliphatic rings. The molecule has 0 radical (unpaired) electrons. The maximum atomic E-state index is 12.8. The highest BCUT2D eigenvalue weighted by molar-refractivity contribution is 6.29. The Morgan fingerprint density at radius 3 is 2.67 bits per heavy atom. The second kappa shape index (κ2) is 5.15. The zero-order valence-electron chi connectivity index (χ0n) is 11.6. The van der Waals surface area contributed by atoms with Gasteiger partial charge in [0.1, 0.15) is 5.54 Å². The van der Waals surface area contributed by atoms with Crippen LogP contribution in [0.15, 0.2) is 29.1 Å². The molecule has 0 amide bonds. The Morgan fingerprint density at radius 2 is 2.00 bits per heavy atom. The first kappa shape index (κ1) is 14.1. The number of methoxy groups -OCH3 is 1. The van der Waals surface area contributed by atoms with Crippen molar-refractivity contribution in [3.05, 3.63) is 39.9 Å². The number of rotatable bonds is 2. The van der Waals surface area contributed by atoms with Crippen LogP contribution in [0.5, 0.6) is 0 Å². The van der Waals surface area contributed by atoms with Gasteiger partial charge >= 0.3 is 5.97 Å². The molecular formula is C15H15ClN2O3. The van der Waals surface area contributed by atoms with E-state index in [-0.39, 0.29) is 10.8 Å². The Balaban J connectivity index is 2.33. The molecule has 1 heterocycles. The van der Waals surface area contributed by atoms with E-state index < -0.39 is 11.5 Å². The number of hydrogen-bond acceptors (Lipinski definition) is 4. The topological polar surface area (TPSA) is 61.2 Å². The molecule has 2 aromatic rings. The summed E-state index contributed by atoms with van der Waals surface area (Å²) in [6.07, 6.45) is 2.79. The number of ether oxygens (including phenoxy) is 1.